The minimum Gasteiger partial charge on any atom is -0.494 e. The molecule has 0 aromatic carbocycles. The highest BCUT2D eigenvalue weighted by atomic mass is 16.5. The Balaban J connectivity index is 1.95. The van der Waals surface area contributed by atoms with Crippen molar-refractivity contribution in [1.29, 1.82) is 0 Å². The Hall–Kier alpha value is -0.830. The van der Waals surface area contributed by atoms with E-state index in [1.807, 2.05) is 6.92 Å². The summed E-state index contributed by atoms with van der Waals surface area (Å²) in [4.78, 5) is 14.4. The number of carbonyl (C=O) groups excluding carboxylic acids is 1. The Morgan fingerprint density at radius 2 is 2.27 bits per heavy atom. The summed E-state index contributed by atoms with van der Waals surface area (Å²) in [6, 6.07) is 1.06. The third-order valence-electron chi connectivity index (χ3n) is 4.23. The maximum Gasteiger partial charge on any atom is 0.167 e. The summed E-state index contributed by atoms with van der Waals surface area (Å²) in [5.74, 6) is 1.17. The SMILES string of the molecule is CC1=CC(=O)[C@H]2[C@@H](C[C@H]3CC[C@@H]2N3C)O1. The van der Waals surface area contributed by atoms with Gasteiger partial charge in [0, 0.05) is 24.6 Å². The fraction of sp³-hybridized carbons (Fsp3) is 0.750. The highest BCUT2D eigenvalue weighted by Crippen LogP contribution is 2.42. The molecule has 2 fully saturated rings. The summed E-state index contributed by atoms with van der Waals surface area (Å²) in [6.45, 7) is 1.88. The van der Waals surface area contributed by atoms with Crippen LogP contribution in [0.4, 0.5) is 0 Å². The topological polar surface area (TPSA) is 29.5 Å². The molecule has 82 valence electrons. The molecule has 3 nitrogen and oxygen atoms in total. The molecule has 3 heteroatoms. The Labute approximate surface area is 90.1 Å². The van der Waals surface area contributed by atoms with E-state index in [1.165, 1.54) is 6.42 Å². The average Bonchev–Trinajstić information content (AvgIpc) is 2.44. The van der Waals surface area contributed by atoms with Crippen LogP contribution in [0.2, 0.25) is 0 Å². The van der Waals surface area contributed by atoms with Crippen LogP contribution in [0.15, 0.2) is 11.8 Å². The zero-order valence-electron chi connectivity index (χ0n) is 9.27. The van der Waals surface area contributed by atoms with E-state index in [0.717, 1.165) is 18.6 Å². The van der Waals surface area contributed by atoms with Gasteiger partial charge < -0.3 is 4.74 Å². The summed E-state index contributed by atoms with van der Waals surface area (Å²) >= 11 is 0. The molecule has 3 rings (SSSR count). The first-order valence-electron chi connectivity index (χ1n) is 5.77. The predicted molar refractivity (Wildman–Crippen MR) is 56.3 cm³/mol. The Bertz CT molecular complexity index is 337. The molecule has 2 bridgehead atoms. The van der Waals surface area contributed by atoms with Gasteiger partial charge in [0.05, 0.1) is 11.7 Å². The number of piperidine rings is 1. The van der Waals surface area contributed by atoms with E-state index < -0.39 is 0 Å². The van der Waals surface area contributed by atoms with Crippen molar-refractivity contribution >= 4 is 5.78 Å². The summed E-state index contributed by atoms with van der Waals surface area (Å²) in [6.07, 6.45) is 5.23. The number of rotatable bonds is 0. The van der Waals surface area contributed by atoms with Crippen LogP contribution in [0, 0.1) is 5.92 Å². The highest BCUT2D eigenvalue weighted by molar-refractivity contribution is 5.94. The van der Waals surface area contributed by atoms with Crippen LogP contribution < -0.4 is 0 Å². The van der Waals surface area contributed by atoms with Gasteiger partial charge >= 0.3 is 0 Å². The molecule has 3 aliphatic rings. The van der Waals surface area contributed by atoms with E-state index in [9.17, 15) is 4.79 Å². The van der Waals surface area contributed by atoms with Gasteiger partial charge in [0.15, 0.2) is 5.78 Å². The number of allylic oxidation sites excluding steroid dienone is 2. The first-order valence-corrected chi connectivity index (χ1v) is 5.77. The third-order valence-corrected chi connectivity index (χ3v) is 4.23. The number of carbonyl (C=O) groups is 1. The zero-order valence-corrected chi connectivity index (χ0v) is 9.27. The number of nitrogens with zero attached hydrogens (tertiary/aromatic N) is 1. The van der Waals surface area contributed by atoms with Crippen LogP contribution in [-0.4, -0.2) is 35.9 Å². The minimum atomic E-state index is 0.0949. The lowest BCUT2D eigenvalue weighted by Crippen LogP contribution is -2.53. The van der Waals surface area contributed by atoms with Crippen molar-refractivity contribution in [1.82, 2.24) is 4.90 Å². The fourth-order valence-electron chi connectivity index (χ4n) is 3.48. The summed E-state index contributed by atoms with van der Waals surface area (Å²) in [5, 5.41) is 0. The van der Waals surface area contributed by atoms with Gasteiger partial charge in [-0.2, -0.15) is 0 Å². The molecule has 4 atom stereocenters. The van der Waals surface area contributed by atoms with Crippen LogP contribution in [0.5, 0.6) is 0 Å². The fourth-order valence-corrected chi connectivity index (χ4v) is 3.48. The number of ketones is 1. The van der Waals surface area contributed by atoms with Crippen LogP contribution in [0.1, 0.15) is 26.2 Å². The second-order valence-corrected chi connectivity index (χ2v) is 5.04. The molecule has 2 saturated heterocycles. The van der Waals surface area contributed by atoms with Crippen molar-refractivity contribution < 1.29 is 9.53 Å². The second kappa shape index (κ2) is 3.08. The Morgan fingerprint density at radius 3 is 3.07 bits per heavy atom. The van der Waals surface area contributed by atoms with Gasteiger partial charge in [-0.15, -0.1) is 0 Å². The van der Waals surface area contributed by atoms with Gasteiger partial charge in [0.25, 0.3) is 0 Å². The first kappa shape index (κ1) is 9.40. The Morgan fingerprint density at radius 1 is 1.47 bits per heavy atom. The number of hydrogen-bond donors (Lipinski definition) is 0. The smallest absolute Gasteiger partial charge is 0.167 e. The molecule has 15 heavy (non-hydrogen) atoms. The molecule has 0 unspecified atom stereocenters. The van der Waals surface area contributed by atoms with Crippen molar-refractivity contribution in [3.8, 4) is 0 Å². The molecule has 0 aliphatic carbocycles. The molecule has 0 radical (unpaired) electrons. The van der Waals surface area contributed by atoms with Crippen molar-refractivity contribution in [2.75, 3.05) is 7.05 Å². The molecule has 0 aromatic heterocycles. The van der Waals surface area contributed by atoms with Gasteiger partial charge in [0.1, 0.15) is 6.10 Å². The van der Waals surface area contributed by atoms with Gasteiger partial charge in [-0.25, -0.2) is 0 Å². The maximum atomic E-state index is 12.0. The summed E-state index contributed by atoms with van der Waals surface area (Å²) in [7, 11) is 2.15. The summed E-state index contributed by atoms with van der Waals surface area (Å²) < 4.78 is 5.80. The van der Waals surface area contributed by atoms with Gasteiger partial charge in [-0.1, -0.05) is 0 Å². The summed E-state index contributed by atoms with van der Waals surface area (Å²) in [5.41, 5.74) is 0. The van der Waals surface area contributed by atoms with E-state index >= 15 is 0 Å². The second-order valence-electron chi connectivity index (χ2n) is 5.04. The van der Waals surface area contributed by atoms with E-state index in [4.69, 9.17) is 4.74 Å². The van der Waals surface area contributed by atoms with Crippen LogP contribution >= 0.6 is 0 Å². The van der Waals surface area contributed by atoms with Gasteiger partial charge in [0.2, 0.25) is 0 Å². The Kier molecular flexibility index (Phi) is 1.93. The van der Waals surface area contributed by atoms with E-state index in [1.54, 1.807) is 6.08 Å². The standard InChI is InChI=1S/C12H17NO2/c1-7-5-10(14)12-9-4-3-8(13(9)2)6-11(12)15-7/h5,8-9,11-12H,3-4,6H2,1-2H3/t8-,9+,11-,12+/m1/s1. The first-order chi connectivity index (χ1) is 7.16. The van der Waals surface area contributed by atoms with Crippen LogP contribution in [0.25, 0.3) is 0 Å². The lowest BCUT2D eigenvalue weighted by molar-refractivity contribution is -0.132. The largest absolute Gasteiger partial charge is 0.494 e. The van der Waals surface area contributed by atoms with Crippen molar-refractivity contribution in [3.63, 3.8) is 0 Å². The molecule has 0 aromatic rings. The van der Waals surface area contributed by atoms with Crippen molar-refractivity contribution in [2.24, 2.45) is 5.92 Å². The lowest BCUT2D eigenvalue weighted by atomic mass is 9.83. The quantitative estimate of drug-likeness (QED) is 0.600. The third kappa shape index (κ3) is 1.26. The molecule has 3 aliphatic heterocycles. The molecule has 0 amide bonds. The van der Waals surface area contributed by atoms with E-state index in [-0.39, 0.29) is 17.8 Å². The predicted octanol–water partition coefficient (Wildman–Crippen LogP) is 1.34. The molecular weight excluding hydrogens is 190 g/mol. The average molecular weight is 207 g/mol. The number of fused-ring (bicyclic) bond motifs is 4. The lowest BCUT2D eigenvalue weighted by Gasteiger charge is -2.43. The minimum absolute atomic E-state index is 0.0949. The zero-order chi connectivity index (χ0) is 10.6. The van der Waals surface area contributed by atoms with Crippen LogP contribution in [0.3, 0.4) is 0 Å². The monoisotopic (exact) mass is 207 g/mol. The molecular formula is C12H17NO2. The molecule has 3 heterocycles. The molecule has 0 spiro atoms. The number of ether oxygens (including phenoxy) is 1. The van der Waals surface area contributed by atoms with Gasteiger partial charge in [-0.3, -0.25) is 9.69 Å². The van der Waals surface area contributed by atoms with Crippen molar-refractivity contribution in [3.05, 3.63) is 11.8 Å². The van der Waals surface area contributed by atoms with Crippen molar-refractivity contribution in [2.45, 2.75) is 44.4 Å². The number of hydrogen-bond acceptors (Lipinski definition) is 3. The molecule has 0 saturated carbocycles. The van der Waals surface area contributed by atoms with Gasteiger partial charge in [-0.05, 0) is 26.8 Å². The normalized spacial score (nSPS) is 44.7. The maximum absolute atomic E-state index is 12.0. The van der Waals surface area contributed by atoms with E-state index in [0.29, 0.717) is 12.1 Å². The van der Waals surface area contributed by atoms with E-state index in [2.05, 4.69) is 11.9 Å². The molecule has 0 N–H and O–H groups in total. The highest BCUT2D eigenvalue weighted by Gasteiger charge is 2.50. The van der Waals surface area contributed by atoms with Crippen LogP contribution in [-0.2, 0) is 9.53 Å².